The molecule has 0 atom stereocenters. The van der Waals surface area contributed by atoms with Gasteiger partial charge in [-0.1, -0.05) is 40.9 Å². The Morgan fingerprint density at radius 3 is 2.67 bits per heavy atom. The van der Waals surface area contributed by atoms with Crippen molar-refractivity contribution in [3.63, 3.8) is 0 Å². The predicted molar refractivity (Wildman–Crippen MR) is 85.1 cm³/mol. The van der Waals surface area contributed by atoms with E-state index >= 15 is 0 Å². The molecule has 2 nitrogen and oxygen atoms in total. The van der Waals surface area contributed by atoms with Crippen molar-refractivity contribution in [2.45, 2.75) is 12.8 Å². The Hall–Kier alpha value is -1.22. The molecule has 0 aromatic heterocycles. The van der Waals surface area contributed by atoms with Gasteiger partial charge in [0, 0.05) is 17.9 Å². The van der Waals surface area contributed by atoms with Crippen LogP contribution in [0.4, 0.5) is 0 Å². The second kappa shape index (κ2) is 5.88. The lowest BCUT2D eigenvalue weighted by molar-refractivity contribution is 0.0990. The number of halogens is 3. The minimum absolute atomic E-state index is 0.0472. The Morgan fingerprint density at radius 2 is 1.90 bits per heavy atom. The Balaban J connectivity index is 1.91. The molecular formula is C16H11Cl3O2. The van der Waals surface area contributed by atoms with Crippen molar-refractivity contribution < 1.29 is 9.53 Å². The Labute approximate surface area is 137 Å². The molecule has 0 saturated carbocycles. The minimum Gasteiger partial charge on any atom is -0.492 e. The van der Waals surface area contributed by atoms with Gasteiger partial charge in [0.25, 0.3) is 0 Å². The highest BCUT2D eigenvalue weighted by Gasteiger charge is 2.22. The lowest BCUT2D eigenvalue weighted by Gasteiger charge is -2.09. The third-order valence-corrected chi connectivity index (χ3v) is 4.35. The molecule has 2 aromatic rings. The van der Waals surface area contributed by atoms with Crippen molar-refractivity contribution >= 4 is 40.6 Å². The normalized spacial score (nSPS) is 12.9. The van der Waals surface area contributed by atoms with Gasteiger partial charge in [-0.2, -0.15) is 0 Å². The van der Waals surface area contributed by atoms with Gasteiger partial charge in [-0.05, 0) is 35.4 Å². The van der Waals surface area contributed by atoms with Crippen molar-refractivity contribution in [2.75, 3.05) is 6.61 Å². The standard InChI is InChI=1S/C16H11Cl3O2/c17-11-7-10-3-4-21-16(10)12(8-11)15(20)6-9-1-2-13(18)14(19)5-9/h1-2,5,7-8H,3-4,6H2. The molecule has 5 heteroatoms. The fourth-order valence-corrected chi connectivity index (χ4v) is 2.97. The highest BCUT2D eigenvalue weighted by atomic mass is 35.5. The average molecular weight is 342 g/mol. The quantitative estimate of drug-likeness (QED) is 0.734. The number of ketones is 1. The predicted octanol–water partition coefficient (Wildman–Crippen LogP) is 5.01. The second-order valence-electron chi connectivity index (χ2n) is 4.89. The molecule has 0 bridgehead atoms. The summed E-state index contributed by atoms with van der Waals surface area (Å²) in [6, 6.07) is 8.68. The van der Waals surface area contributed by atoms with Crippen LogP contribution in [-0.2, 0) is 12.8 Å². The molecule has 0 unspecified atom stereocenters. The molecular weight excluding hydrogens is 331 g/mol. The zero-order valence-electron chi connectivity index (χ0n) is 11.0. The van der Waals surface area contributed by atoms with Crippen LogP contribution >= 0.6 is 34.8 Å². The van der Waals surface area contributed by atoms with Gasteiger partial charge >= 0.3 is 0 Å². The van der Waals surface area contributed by atoms with Gasteiger partial charge in [0.05, 0.1) is 22.2 Å². The molecule has 0 spiro atoms. The maximum atomic E-state index is 12.5. The summed E-state index contributed by atoms with van der Waals surface area (Å²) in [5.41, 5.74) is 2.32. The van der Waals surface area contributed by atoms with Crippen LogP contribution in [0.25, 0.3) is 0 Å². The fraction of sp³-hybridized carbons (Fsp3) is 0.188. The molecule has 0 aliphatic carbocycles. The summed E-state index contributed by atoms with van der Waals surface area (Å²) in [4.78, 5) is 12.5. The number of Topliss-reactive ketones (excluding diaryl/α,β-unsaturated/α-hetero) is 1. The summed E-state index contributed by atoms with van der Waals surface area (Å²) in [6.07, 6.45) is 1.01. The van der Waals surface area contributed by atoms with Gasteiger partial charge in [0.15, 0.2) is 5.78 Å². The zero-order chi connectivity index (χ0) is 15.0. The summed E-state index contributed by atoms with van der Waals surface area (Å²) >= 11 is 17.9. The summed E-state index contributed by atoms with van der Waals surface area (Å²) in [5, 5.41) is 1.46. The van der Waals surface area contributed by atoms with Crippen molar-refractivity contribution in [1.82, 2.24) is 0 Å². The molecule has 0 amide bonds. The molecule has 0 fully saturated rings. The first-order chi connectivity index (χ1) is 10.0. The van der Waals surface area contributed by atoms with E-state index in [9.17, 15) is 4.79 Å². The number of fused-ring (bicyclic) bond motifs is 1. The van der Waals surface area contributed by atoms with E-state index in [1.807, 2.05) is 6.07 Å². The smallest absolute Gasteiger partial charge is 0.171 e. The first-order valence-electron chi connectivity index (χ1n) is 6.47. The largest absolute Gasteiger partial charge is 0.492 e. The van der Waals surface area contributed by atoms with Gasteiger partial charge < -0.3 is 4.74 Å². The molecule has 1 aliphatic rings. The molecule has 1 heterocycles. The van der Waals surface area contributed by atoms with Crippen molar-refractivity contribution in [3.8, 4) is 5.75 Å². The fourth-order valence-electron chi connectivity index (χ4n) is 2.41. The van der Waals surface area contributed by atoms with E-state index in [1.54, 1.807) is 24.3 Å². The summed E-state index contributed by atoms with van der Waals surface area (Å²) < 4.78 is 5.56. The summed E-state index contributed by atoms with van der Waals surface area (Å²) in [6.45, 7) is 0.586. The Morgan fingerprint density at radius 1 is 1.10 bits per heavy atom. The van der Waals surface area contributed by atoms with E-state index in [1.165, 1.54) is 0 Å². The molecule has 0 N–H and O–H groups in total. The number of benzene rings is 2. The molecule has 0 radical (unpaired) electrons. The second-order valence-corrected chi connectivity index (χ2v) is 6.14. The number of carbonyl (C=O) groups excluding carboxylic acids is 1. The molecule has 108 valence electrons. The molecule has 0 saturated heterocycles. The van der Waals surface area contributed by atoms with Gasteiger partial charge in [-0.25, -0.2) is 0 Å². The van der Waals surface area contributed by atoms with Crippen molar-refractivity contribution in [2.24, 2.45) is 0 Å². The van der Waals surface area contributed by atoms with Crippen LogP contribution in [0.1, 0.15) is 21.5 Å². The van der Waals surface area contributed by atoms with Crippen molar-refractivity contribution in [1.29, 1.82) is 0 Å². The van der Waals surface area contributed by atoms with Crippen LogP contribution < -0.4 is 4.74 Å². The van der Waals surface area contributed by atoms with Crippen LogP contribution in [0.15, 0.2) is 30.3 Å². The van der Waals surface area contributed by atoms with Crippen LogP contribution in [0.5, 0.6) is 5.75 Å². The van der Waals surface area contributed by atoms with E-state index in [0.29, 0.717) is 33.0 Å². The first kappa shape index (κ1) is 14.7. The summed E-state index contributed by atoms with van der Waals surface area (Å²) in [7, 11) is 0. The monoisotopic (exact) mass is 340 g/mol. The van der Waals surface area contributed by atoms with E-state index < -0.39 is 0 Å². The summed E-state index contributed by atoms with van der Waals surface area (Å²) in [5.74, 6) is 0.610. The zero-order valence-corrected chi connectivity index (χ0v) is 13.2. The lowest BCUT2D eigenvalue weighted by atomic mass is 10.00. The van der Waals surface area contributed by atoms with Gasteiger partial charge in [-0.3, -0.25) is 4.79 Å². The molecule has 3 rings (SSSR count). The van der Waals surface area contributed by atoms with E-state index in [4.69, 9.17) is 39.5 Å². The molecule has 21 heavy (non-hydrogen) atoms. The number of ether oxygens (including phenoxy) is 1. The number of rotatable bonds is 3. The maximum Gasteiger partial charge on any atom is 0.171 e. The van der Waals surface area contributed by atoms with Crippen LogP contribution in [0, 0.1) is 0 Å². The third kappa shape index (κ3) is 3.03. The highest BCUT2D eigenvalue weighted by molar-refractivity contribution is 6.42. The van der Waals surface area contributed by atoms with E-state index in [-0.39, 0.29) is 12.2 Å². The molecule has 2 aromatic carbocycles. The van der Waals surface area contributed by atoms with Gasteiger partial charge in [0.2, 0.25) is 0 Å². The maximum absolute atomic E-state index is 12.5. The minimum atomic E-state index is -0.0472. The van der Waals surface area contributed by atoms with E-state index in [2.05, 4.69) is 0 Å². The van der Waals surface area contributed by atoms with Gasteiger partial charge in [-0.15, -0.1) is 0 Å². The molecule has 1 aliphatic heterocycles. The van der Waals surface area contributed by atoms with Crippen LogP contribution in [-0.4, -0.2) is 12.4 Å². The number of hydrogen-bond donors (Lipinski definition) is 0. The first-order valence-corrected chi connectivity index (χ1v) is 7.60. The Bertz CT molecular complexity index is 726. The van der Waals surface area contributed by atoms with E-state index in [0.717, 1.165) is 17.5 Å². The lowest BCUT2D eigenvalue weighted by Crippen LogP contribution is -2.06. The highest BCUT2D eigenvalue weighted by Crippen LogP contribution is 2.34. The number of carbonyl (C=O) groups is 1. The van der Waals surface area contributed by atoms with Crippen LogP contribution in [0.2, 0.25) is 15.1 Å². The van der Waals surface area contributed by atoms with Gasteiger partial charge in [0.1, 0.15) is 5.75 Å². The SMILES string of the molecule is O=C(Cc1ccc(Cl)c(Cl)c1)c1cc(Cl)cc2c1OCC2. The van der Waals surface area contributed by atoms with Crippen molar-refractivity contribution in [3.05, 3.63) is 62.1 Å². The third-order valence-electron chi connectivity index (χ3n) is 3.40. The average Bonchev–Trinajstić information content (AvgIpc) is 2.90. The topological polar surface area (TPSA) is 26.3 Å². The number of hydrogen-bond acceptors (Lipinski definition) is 2. The Kier molecular flexibility index (Phi) is 4.12. The van der Waals surface area contributed by atoms with Crippen LogP contribution in [0.3, 0.4) is 0 Å².